The molecular formula is C52H34N2O. The van der Waals surface area contributed by atoms with E-state index < -0.39 is 0 Å². The third-order valence-electron chi connectivity index (χ3n) is 11.0. The van der Waals surface area contributed by atoms with Gasteiger partial charge in [0.25, 0.3) is 0 Å². The number of anilines is 3. The van der Waals surface area contributed by atoms with Crippen LogP contribution in [0.2, 0.25) is 0 Å². The van der Waals surface area contributed by atoms with Crippen molar-refractivity contribution in [2.45, 2.75) is 0 Å². The molecule has 258 valence electrons. The van der Waals surface area contributed by atoms with Gasteiger partial charge in [-0.2, -0.15) is 0 Å². The second kappa shape index (κ2) is 12.6. The van der Waals surface area contributed by atoms with Crippen LogP contribution in [0, 0.1) is 0 Å². The van der Waals surface area contributed by atoms with Gasteiger partial charge in [0.05, 0.1) is 28.1 Å². The summed E-state index contributed by atoms with van der Waals surface area (Å²) >= 11 is 0. The molecule has 2 heterocycles. The van der Waals surface area contributed by atoms with Crippen LogP contribution in [0.15, 0.2) is 211 Å². The molecule has 0 atom stereocenters. The SMILES string of the molecule is c1ccc(N(c2ccc(-c3ccccc3-n3c4ccccc4c4ccccc43)cc2)c2cccc3ccccc23)c(-c2cccc3oc4ccccc4c23)c1. The van der Waals surface area contributed by atoms with Gasteiger partial charge < -0.3 is 13.9 Å². The fraction of sp³-hybridized carbons (Fsp3) is 0. The van der Waals surface area contributed by atoms with Crippen LogP contribution in [-0.4, -0.2) is 4.57 Å². The lowest BCUT2D eigenvalue weighted by molar-refractivity contribution is 0.669. The largest absolute Gasteiger partial charge is 0.456 e. The number of aromatic nitrogens is 1. The molecule has 0 bridgehead atoms. The Kier molecular flexibility index (Phi) is 7.17. The Hall–Kier alpha value is -7.36. The van der Waals surface area contributed by atoms with Crippen molar-refractivity contribution in [3.63, 3.8) is 0 Å². The number of nitrogens with zero attached hydrogens (tertiary/aromatic N) is 2. The second-order valence-electron chi connectivity index (χ2n) is 14.1. The molecule has 3 heteroatoms. The molecule has 0 amide bonds. The van der Waals surface area contributed by atoms with E-state index in [2.05, 4.69) is 204 Å². The highest BCUT2D eigenvalue weighted by molar-refractivity contribution is 6.14. The minimum atomic E-state index is 0.886. The average molecular weight is 703 g/mol. The van der Waals surface area contributed by atoms with Crippen molar-refractivity contribution in [1.82, 2.24) is 4.57 Å². The van der Waals surface area contributed by atoms with Gasteiger partial charge >= 0.3 is 0 Å². The summed E-state index contributed by atoms with van der Waals surface area (Å²) in [5.41, 5.74) is 13.2. The van der Waals surface area contributed by atoms with E-state index >= 15 is 0 Å². The van der Waals surface area contributed by atoms with Crippen LogP contribution in [0.5, 0.6) is 0 Å². The third kappa shape index (κ3) is 4.98. The van der Waals surface area contributed by atoms with E-state index in [1.807, 2.05) is 12.1 Å². The Morgan fingerprint density at radius 1 is 0.364 bits per heavy atom. The smallest absolute Gasteiger partial charge is 0.136 e. The van der Waals surface area contributed by atoms with Crippen molar-refractivity contribution in [2.75, 3.05) is 4.90 Å². The van der Waals surface area contributed by atoms with Crippen LogP contribution in [0.4, 0.5) is 17.1 Å². The fourth-order valence-electron chi connectivity index (χ4n) is 8.59. The van der Waals surface area contributed by atoms with Gasteiger partial charge in [-0.1, -0.05) is 152 Å². The summed E-state index contributed by atoms with van der Waals surface area (Å²) < 4.78 is 8.77. The van der Waals surface area contributed by atoms with E-state index in [4.69, 9.17) is 4.42 Å². The number of hydrogen-bond donors (Lipinski definition) is 0. The van der Waals surface area contributed by atoms with Crippen molar-refractivity contribution >= 4 is 71.6 Å². The lowest BCUT2D eigenvalue weighted by Gasteiger charge is -2.29. The number of furan rings is 1. The van der Waals surface area contributed by atoms with E-state index in [0.717, 1.165) is 61.4 Å². The van der Waals surface area contributed by atoms with Crippen molar-refractivity contribution in [3.05, 3.63) is 206 Å². The summed E-state index contributed by atoms with van der Waals surface area (Å²) in [4.78, 5) is 2.42. The molecule has 0 aliphatic carbocycles. The van der Waals surface area contributed by atoms with Crippen molar-refractivity contribution in [2.24, 2.45) is 0 Å². The maximum atomic E-state index is 6.37. The van der Waals surface area contributed by atoms with Gasteiger partial charge in [-0.15, -0.1) is 0 Å². The molecule has 0 aliphatic rings. The van der Waals surface area contributed by atoms with Crippen molar-refractivity contribution < 1.29 is 4.42 Å². The quantitative estimate of drug-likeness (QED) is 0.172. The van der Waals surface area contributed by atoms with Gasteiger partial charge in [0, 0.05) is 43.7 Å². The van der Waals surface area contributed by atoms with Crippen LogP contribution in [0.1, 0.15) is 0 Å². The van der Waals surface area contributed by atoms with E-state index in [1.54, 1.807) is 0 Å². The Morgan fingerprint density at radius 2 is 0.909 bits per heavy atom. The molecule has 2 aromatic heterocycles. The second-order valence-corrected chi connectivity index (χ2v) is 14.1. The van der Waals surface area contributed by atoms with Gasteiger partial charge in [0.1, 0.15) is 11.2 Å². The molecule has 11 rings (SSSR count). The summed E-state index contributed by atoms with van der Waals surface area (Å²) in [6.07, 6.45) is 0. The zero-order chi connectivity index (χ0) is 36.3. The zero-order valence-electron chi connectivity index (χ0n) is 29.9. The van der Waals surface area contributed by atoms with Crippen LogP contribution < -0.4 is 4.90 Å². The predicted octanol–water partition coefficient (Wildman–Crippen LogP) is 14.6. The molecule has 0 radical (unpaired) electrons. The first-order valence-corrected chi connectivity index (χ1v) is 18.8. The molecule has 9 aromatic carbocycles. The van der Waals surface area contributed by atoms with Crippen molar-refractivity contribution in [3.8, 4) is 27.9 Å². The minimum absolute atomic E-state index is 0.886. The monoisotopic (exact) mass is 702 g/mol. The van der Waals surface area contributed by atoms with Gasteiger partial charge in [0.2, 0.25) is 0 Å². The Morgan fingerprint density at radius 3 is 1.71 bits per heavy atom. The van der Waals surface area contributed by atoms with Crippen LogP contribution in [0.25, 0.3) is 82.5 Å². The summed E-state index contributed by atoms with van der Waals surface area (Å²) in [5.74, 6) is 0. The molecule has 0 spiro atoms. The molecule has 0 fully saturated rings. The van der Waals surface area contributed by atoms with E-state index in [1.165, 1.54) is 38.1 Å². The predicted molar refractivity (Wildman–Crippen MR) is 231 cm³/mol. The average Bonchev–Trinajstić information content (AvgIpc) is 3.80. The summed E-state index contributed by atoms with van der Waals surface area (Å²) in [6, 6.07) is 73.9. The van der Waals surface area contributed by atoms with Gasteiger partial charge in [-0.05, 0) is 71.1 Å². The van der Waals surface area contributed by atoms with Crippen LogP contribution in [0.3, 0.4) is 0 Å². The third-order valence-corrected chi connectivity index (χ3v) is 11.0. The maximum absolute atomic E-state index is 6.37. The molecule has 0 unspecified atom stereocenters. The lowest BCUT2D eigenvalue weighted by Crippen LogP contribution is -2.11. The number of fused-ring (bicyclic) bond motifs is 7. The van der Waals surface area contributed by atoms with Gasteiger partial charge in [0.15, 0.2) is 0 Å². The molecule has 11 aromatic rings. The fourth-order valence-corrected chi connectivity index (χ4v) is 8.59. The first kappa shape index (κ1) is 31.2. The first-order chi connectivity index (χ1) is 27.3. The number of para-hydroxylation sites is 5. The lowest BCUT2D eigenvalue weighted by atomic mass is 9.96. The minimum Gasteiger partial charge on any atom is -0.456 e. The molecule has 0 aliphatic heterocycles. The van der Waals surface area contributed by atoms with Crippen LogP contribution >= 0.6 is 0 Å². The van der Waals surface area contributed by atoms with Crippen molar-refractivity contribution in [1.29, 1.82) is 0 Å². The highest BCUT2D eigenvalue weighted by Crippen LogP contribution is 2.46. The summed E-state index contributed by atoms with van der Waals surface area (Å²) in [7, 11) is 0. The van der Waals surface area contributed by atoms with Gasteiger partial charge in [-0.25, -0.2) is 0 Å². The molecule has 0 N–H and O–H groups in total. The van der Waals surface area contributed by atoms with Crippen LogP contribution in [-0.2, 0) is 0 Å². The number of benzene rings is 9. The molecule has 55 heavy (non-hydrogen) atoms. The normalized spacial score (nSPS) is 11.6. The van der Waals surface area contributed by atoms with E-state index in [0.29, 0.717) is 0 Å². The van der Waals surface area contributed by atoms with E-state index in [-0.39, 0.29) is 0 Å². The first-order valence-electron chi connectivity index (χ1n) is 18.8. The van der Waals surface area contributed by atoms with E-state index in [9.17, 15) is 0 Å². The summed E-state index contributed by atoms with van der Waals surface area (Å²) in [6.45, 7) is 0. The Bertz CT molecular complexity index is 3160. The highest BCUT2D eigenvalue weighted by atomic mass is 16.3. The Balaban J connectivity index is 1.11. The highest BCUT2D eigenvalue weighted by Gasteiger charge is 2.22. The maximum Gasteiger partial charge on any atom is 0.136 e. The molecule has 0 saturated carbocycles. The van der Waals surface area contributed by atoms with Gasteiger partial charge in [-0.3, -0.25) is 0 Å². The summed E-state index contributed by atoms with van der Waals surface area (Å²) in [5, 5.41) is 7.14. The Labute approximate surface area is 318 Å². The molecular weight excluding hydrogens is 669 g/mol. The standard InChI is InChI=1S/C52H34N2O/c1-2-17-38-35(15-1)16-13-28-45(38)53(47-25-9-6-21-42(47)43-23-14-30-51-52(43)44-22-7-12-29-50(44)55-51)37-33-31-36(32-34-37)39-18-3-8-24-46(39)54-48-26-10-4-19-40(48)41-20-5-11-27-49(41)54/h1-34H. The molecule has 3 nitrogen and oxygen atoms in total. The number of rotatable bonds is 6. The molecule has 0 saturated heterocycles. The number of hydrogen-bond acceptors (Lipinski definition) is 2. The topological polar surface area (TPSA) is 21.3 Å². The zero-order valence-corrected chi connectivity index (χ0v) is 29.9.